The Hall–Kier alpha value is -2.72. The van der Waals surface area contributed by atoms with Crippen LogP contribution in [0.5, 0.6) is 0 Å². The first-order chi connectivity index (χ1) is 16.2. The van der Waals surface area contributed by atoms with Crippen LogP contribution >= 0.6 is 0 Å². The standard InChI is InChI=1S/C27H30N2O2.C2H6/c1-2-19-12-13-24(29-18-19)25(22-14-17-28-23-11-7-6-10-21(22)23)31-26(30)27(15-16-27)20-8-4-3-5-9-20;1-2/h3-11,14,17,19,24-25,29H,2,12-13,15-16,18H2,1H3;1-2H3. The third-order valence-corrected chi connectivity index (χ3v) is 7.19. The van der Waals surface area contributed by atoms with E-state index in [-0.39, 0.29) is 18.1 Å². The number of fused-ring (bicyclic) bond motifs is 1. The van der Waals surface area contributed by atoms with Crippen LogP contribution in [0.15, 0.2) is 66.9 Å². The van der Waals surface area contributed by atoms with Crippen LogP contribution in [0.2, 0.25) is 0 Å². The summed E-state index contributed by atoms with van der Waals surface area (Å²) < 4.78 is 6.41. The average Bonchev–Trinajstić information content (AvgIpc) is 3.71. The molecular weight excluding hydrogens is 408 g/mol. The van der Waals surface area contributed by atoms with Crippen LogP contribution in [0.4, 0.5) is 0 Å². The van der Waals surface area contributed by atoms with Crippen LogP contribution in [0, 0.1) is 5.92 Å². The van der Waals surface area contributed by atoms with Crippen molar-refractivity contribution in [1.29, 1.82) is 0 Å². The van der Waals surface area contributed by atoms with E-state index in [4.69, 9.17) is 4.74 Å². The van der Waals surface area contributed by atoms with Crippen molar-refractivity contribution in [2.24, 2.45) is 5.92 Å². The fraction of sp³-hybridized carbons (Fsp3) is 0.448. The molecule has 1 saturated heterocycles. The van der Waals surface area contributed by atoms with Gasteiger partial charge in [-0.2, -0.15) is 0 Å². The molecule has 4 heteroatoms. The SMILES string of the molecule is CC.CCC1CCC(C(OC(=O)C2(c3ccccc3)CC2)c2ccnc3ccccc23)NC1. The van der Waals surface area contributed by atoms with Gasteiger partial charge in [-0.15, -0.1) is 0 Å². The van der Waals surface area contributed by atoms with Crippen molar-refractivity contribution < 1.29 is 9.53 Å². The van der Waals surface area contributed by atoms with Crippen molar-refractivity contribution >= 4 is 16.9 Å². The minimum Gasteiger partial charge on any atom is -0.455 e. The highest BCUT2D eigenvalue weighted by molar-refractivity contribution is 5.88. The molecule has 2 fully saturated rings. The minimum absolute atomic E-state index is 0.0935. The third-order valence-electron chi connectivity index (χ3n) is 7.19. The van der Waals surface area contributed by atoms with Crippen molar-refractivity contribution in [2.45, 2.75) is 70.4 Å². The van der Waals surface area contributed by atoms with Crippen LogP contribution in [0.1, 0.15) is 70.1 Å². The summed E-state index contributed by atoms with van der Waals surface area (Å²) in [5.41, 5.74) is 2.58. The molecule has 1 saturated carbocycles. The van der Waals surface area contributed by atoms with Crippen molar-refractivity contribution in [1.82, 2.24) is 10.3 Å². The van der Waals surface area contributed by atoms with E-state index in [1.807, 2.05) is 62.5 Å². The molecule has 4 nitrogen and oxygen atoms in total. The van der Waals surface area contributed by atoms with E-state index in [0.717, 1.165) is 54.3 Å². The second-order valence-corrected chi connectivity index (χ2v) is 9.06. The predicted molar refractivity (Wildman–Crippen MR) is 134 cm³/mol. The zero-order valence-electron chi connectivity index (χ0n) is 20.1. The molecule has 33 heavy (non-hydrogen) atoms. The molecule has 0 radical (unpaired) electrons. The van der Waals surface area contributed by atoms with Crippen LogP contribution in [0.3, 0.4) is 0 Å². The van der Waals surface area contributed by atoms with E-state index in [1.54, 1.807) is 0 Å². The number of carbonyl (C=O) groups excluding carboxylic acids is 1. The largest absolute Gasteiger partial charge is 0.455 e. The second kappa shape index (κ2) is 10.5. The number of pyridine rings is 1. The predicted octanol–water partition coefficient (Wildman–Crippen LogP) is 6.36. The molecule has 3 atom stereocenters. The summed E-state index contributed by atoms with van der Waals surface area (Å²) in [5, 5.41) is 4.76. The number of esters is 1. The van der Waals surface area contributed by atoms with E-state index < -0.39 is 5.41 Å². The summed E-state index contributed by atoms with van der Waals surface area (Å²) in [6, 6.07) is 20.4. The molecular formula is C29H36N2O2. The maximum atomic E-state index is 13.5. The number of nitrogens with one attached hydrogen (secondary N) is 1. The van der Waals surface area contributed by atoms with Gasteiger partial charge >= 0.3 is 5.97 Å². The van der Waals surface area contributed by atoms with E-state index in [0.29, 0.717) is 5.92 Å². The normalized spacial score (nSPS) is 22.0. The summed E-state index contributed by atoms with van der Waals surface area (Å²) in [6.45, 7) is 7.22. The first-order valence-corrected chi connectivity index (χ1v) is 12.5. The molecule has 3 aromatic rings. The van der Waals surface area contributed by atoms with Crippen LogP contribution in [-0.4, -0.2) is 23.5 Å². The van der Waals surface area contributed by atoms with Gasteiger partial charge in [-0.05, 0) is 55.8 Å². The number of para-hydroxylation sites is 1. The summed E-state index contributed by atoms with van der Waals surface area (Å²) in [5.74, 6) is 0.602. The molecule has 0 amide bonds. The number of hydrogen-bond acceptors (Lipinski definition) is 4. The lowest BCUT2D eigenvalue weighted by molar-refractivity contribution is -0.154. The lowest BCUT2D eigenvalue weighted by atomic mass is 9.87. The number of benzene rings is 2. The Bertz CT molecular complexity index is 1050. The van der Waals surface area contributed by atoms with Gasteiger partial charge in [0.05, 0.1) is 10.9 Å². The molecule has 0 spiro atoms. The molecule has 2 aromatic carbocycles. The average molecular weight is 445 g/mol. The highest BCUT2D eigenvalue weighted by Gasteiger charge is 2.53. The van der Waals surface area contributed by atoms with E-state index in [1.165, 1.54) is 6.42 Å². The van der Waals surface area contributed by atoms with Gasteiger partial charge in [0.1, 0.15) is 6.10 Å². The number of ether oxygens (including phenoxy) is 1. The van der Waals surface area contributed by atoms with Gasteiger partial charge in [0.15, 0.2) is 0 Å². The first kappa shape index (κ1) is 23.4. The van der Waals surface area contributed by atoms with Gasteiger partial charge in [0, 0.05) is 23.2 Å². The van der Waals surface area contributed by atoms with Gasteiger partial charge in [-0.3, -0.25) is 9.78 Å². The smallest absolute Gasteiger partial charge is 0.317 e. The molecule has 174 valence electrons. The molecule has 2 aliphatic rings. The lowest BCUT2D eigenvalue weighted by Gasteiger charge is -2.35. The summed E-state index contributed by atoms with van der Waals surface area (Å²) in [6.07, 6.45) is 6.57. The molecule has 1 aliphatic heterocycles. The molecule has 5 rings (SSSR count). The van der Waals surface area contributed by atoms with Gasteiger partial charge in [-0.25, -0.2) is 0 Å². The van der Waals surface area contributed by atoms with Gasteiger partial charge in [-0.1, -0.05) is 75.7 Å². The number of piperidine rings is 1. The number of nitrogens with zero attached hydrogens (tertiary/aromatic N) is 1. The topological polar surface area (TPSA) is 51.2 Å². The molecule has 1 aliphatic carbocycles. The Balaban J connectivity index is 0.00000126. The minimum atomic E-state index is -0.483. The van der Waals surface area contributed by atoms with Crippen LogP contribution in [0.25, 0.3) is 10.9 Å². The van der Waals surface area contributed by atoms with Crippen LogP contribution in [-0.2, 0) is 14.9 Å². The van der Waals surface area contributed by atoms with E-state index >= 15 is 0 Å². The summed E-state index contributed by atoms with van der Waals surface area (Å²) >= 11 is 0. The zero-order chi connectivity index (χ0) is 23.3. The molecule has 3 unspecified atom stereocenters. The Labute approximate surface area is 197 Å². The first-order valence-electron chi connectivity index (χ1n) is 12.5. The molecule has 1 aromatic heterocycles. The Morgan fingerprint density at radius 3 is 2.45 bits per heavy atom. The van der Waals surface area contributed by atoms with Crippen molar-refractivity contribution in [3.8, 4) is 0 Å². The fourth-order valence-electron chi connectivity index (χ4n) is 4.99. The number of rotatable bonds is 6. The Morgan fingerprint density at radius 1 is 1.06 bits per heavy atom. The van der Waals surface area contributed by atoms with Crippen molar-refractivity contribution in [2.75, 3.05) is 6.54 Å². The maximum absolute atomic E-state index is 13.5. The van der Waals surface area contributed by atoms with Crippen LogP contribution < -0.4 is 5.32 Å². The molecule has 1 N–H and O–H groups in total. The Morgan fingerprint density at radius 2 is 1.79 bits per heavy atom. The van der Waals surface area contributed by atoms with Gasteiger partial charge in [0.2, 0.25) is 0 Å². The quantitative estimate of drug-likeness (QED) is 0.450. The third kappa shape index (κ3) is 4.81. The van der Waals surface area contributed by atoms with Gasteiger partial charge < -0.3 is 10.1 Å². The second-order valence-electron chi connectivity index (χ2n) is 9.06. The number of hydrogen-bond donors (Lipinski definition) is 1. The zero-order valence-corrected chi connectivity index (χ0v) is 20.1. The summed E-state index contributed by atoms with van der Waals surface area (Å²) in [4.78, 5) is 18.1. The lowest BCUT2D eigenvalue weighted by Crippen LogP contribution is -2.44. The maximum Gasteiger partial charge on any atom is 0.317 e. The highest BCUT2D eigenvalue weighted by Crippen LogP contribution is 2.50. The van der Waals surface area contributed by atoms with Crippen molar-refractivity contribution in [3.05, 3.63) is 78.0 Å². The number of carbonyl (C=O) groups is 1. The Kier molecular flexibility index (Phi) is 7.44. The monoisotopic (exact) mass is 444 g/mol. The summed E-state index contributed by atoms with van der Waals surface area (Å²) in [7, 11) is 0. The fourth-order valence-corrected chi connectivity index (χ4v) is 4.99. The van der Waals surface area contributed by atoms with Crippen molar-refractivity contribution in [3.63, 3.8) is 0 Å². The highest BCUT2D eigenvalue weighted by atomic mass is 16.5. The van der Waals surface area contributed by atoms with Gasteiger partial charge in [0.25, 0.3) is 0 Å². The molecule has 2 heterocycles. The number of aromatic nitrogens is 1. The van der Waals surface area contributed by atoms with E-state index in [2.05, 4.69) is 35.4 Å². The molecule has 0 bridgehead atoms. The van der Waals surface area contributed by atoms with E-state index in [9.17, 15) is 4.79 Å².